The largest absolute Gasteiger partial charge is 0.388 e. The van der Waals surface area contributed by atoms with Crippen LogP contribution in [-0.2, 0) is 6.61 Å². The van der Waals surface area contributed by atoms with Gasteiger partial charge in [-0.2, -0.15) is 0 Å². The Morgan fingerprint density at radius 2 is 2.20 bits per heavy atom. The van der Waals surface area contributed by atoms with Gasteiger partial charge in [0.25, 0.3) is 0 Å². The van der Waals surface area contributed by atoms with Gasteiger partial charge in [0.1, 0.15) is 18.1 Å². The van der Waals surface area contributed by atoms with E-state index >= 15 is 0 Å². The molecule has 1 aromatic heterocycles. The fourth-order valence-corrected chi connectivity index (χ4v) is 1.66. The minimum Gasteiger partial charge on any atom is -0.388 e. The normalized spacial score (nSPS) is 10.6. The molecule has 78 valence electrons. The van der Waals surface area contributed by atoms with Gasteiger partial charge in [-0.25, -0.2) is 4.39 Å². The minimum absolute atomic E-state index is 0.222. The standard InChI is InChI=1S/C10H7BrFNO2/c11-9-2-1-6(12)3-8(9)10-4-7(5-14)15-13-10/h1-4,14H,5H2. The van der Waals surface area contributed by atoms with Crippen molar-refractivity contribution in [1.29, 1.82) is 0 Å². The molecule has 0 fully saturated rings. The number of aliphatic hydroxyl groups is 1. The Bertz CT molecular complexity index is 484. The molecule has 0 saturated carbocycles. The van der Waals surface area contributed by atoms with Crippen LogP contribution in [0.5, 0.6) is 0 Å². The van der Waals surface area contributed by atoms with Gasteiger partial charge in [0.05, 0.1) is 0 Å². The highest BCUT2D eigenvalue weighted by molar-refractivity contribution is 9.10. The van der Waals surface area contributed by atoms with Crippen molar-refractivity contribution in [3.63, 3.8) is 0 Å². The lowest BCUT2D eigenvalue weighted by atomic mass is 10.1. The predicted molar refractivity (Wildman–Crippen MR) is 55.5 cm³/mol. The summed E-state index contributed by atoms with van der Waals surface area (Å²) in [6.45, 7) is -0.222. The van der Waals surface area contributed by atoms with Crippen LogP contribution in [0.25, 0.3) is 11.3 Å². The summed E-state index contributed by atoms with van der Waals surface area (Å²) in [5.74, 6) is 0.00269. The summed E-state index contributed by atoms with van der Waals surface area (Å²) in [6.07, 6.45) is 0. The maximum atomic E-state index is 13.0. The van der Waals surface area contributed by atoms with E-state index in [1.54, 1.807) is 12.1 Å². The number of benzene rings is 1. The van der Waals surface area contributed by atoms with Crippen LogP contribution in [0.15, 0.2) is 33.3 Å². The van der Waals surface area contributed by atoms with Crippen molar-refractivity contribution < 1.29 is 14.0 Å². The second kappa shape index (κ2) is 4.12. The Kier molecular flexibility index (Phi) is 2.83. The number of hydrogen-bond donors (Lipinski definition) is 1. The molecule has 0 saturated heterocycles. The van der Waals surface area contributed by atoms with Gasteiger partial charge in [-0.3, -0.25) is 0 Å². The average Bonchev–Trinajstić information content (AvgIpc) is 2.70. The summed E-state index contributed by atoms with van der Waals surface area (Å²) in [5.41, 5.74) is 1.09. The van der Waals surface area contributed by atoms with Crippen molar-refractivity contribution >= 4 is 15.9 Å². The Labute approximate surface area is 93.6 Å². The van der Waals surface area contributed by atoms with Gasteiger partial charge in [-0.1, -0.05) is 21.1 Å². The predicted octanol–water partition coefficient (Wildman–Crippen LogP) is 2.74. The molecule has 2 aromatic rings. The van der Waals surface area contributed by atoms with E-state index < -0.39 is 0 Å². The monoisotopic (exact) mass is 271 g/mol. The van der Waals surface area contributed by atoms with E-state index in [0.717, 1.165) is 4.47 Å². The molecule has 15 heavy (non-hydrogen) atoms. The lowest BCUT2D eigenvalue weighted by Gasteiger charge is -1.99. The molecule has 0 radical (unpaired) electrons. The summed E-state index contributed by atoms with van der Waals surface area (Å²) in [5, 5.41) is 12.5. The average molecular weight is 272 g/mol. The van der Waals surface area contributed by atoms with Gasteiger partial charge in [0.15, 0.2) is 5.76 Å². The first kappa shape index (κ1) is 10.3. The number of aliphatic hydroxyl groups excluding tert-OH is 1. The smallest absolute Gasteiger partial charge is 0.162 e. The lowest BCUT2D eigenvalue weighted by Crippen LogP contribution is -1.82. The Balaban J connectivity index is 2.48. The van der Waals surface area contributed by atoms with Crippen LogP contribution in [0.3, 0.4) is 0 Å². The molecule has 0 atom stereocenters. The number of aromatic nitrogens is 1. The molecular formula is C10H7BrFNO2. The molecular weight excluding hydrogens is 265 g/mol. The van der Waals surface area contributed by atoms with Crippen LogP contribution in [0.4, 0.5) is 4.39 Å². The van der Waals surface area contributed by atoms with Crippen molar-refractivity contribution in [3.05, 3.63) is 40.3 Å². The van der Waals surface area contributed by atoms with E-state index in [4.69, 9.17) is 9.63 Å². The first-order valence-electron chi connectivity index (χ1n) is 4.22. The molecule has 1 aromatic carbocycles. The molecule has 0 unspecified atom stereocenters. The third kappa shape index (κ3) is 2.08. The van der Waals surface area contributed by atoms with E-state index in [0.29, 0.717) is 17.0 Å². The molecule has 0 aliphatic rings. The van der Waals surface area contributed by atoms with Crippen LogP contribution in [0.1, 0.15) is 5.76 Å². The van der Waals surface area contributed by atoms with Crippen LogP contribution in [-0.4, -0.2) is 10.3 Å². The molecule has 0 aliphatic heterocycles. The highest BCUT2D eigenvalue weighted by Crippen LogP contribution is 2.28. The van der Waals surface area contributed by atoms with Crippen LogP contribution >= 0.6 is 15.9 Å². The topological polar surface area (TPSA) is 46.3 Å². The van der Waals surface area contributed by atoms with Gasteiger partial charge >= 0.3 is 0 Å². The quantitative estimate of drug-likeness (QED) is 0.914. The molecule has 0 bridgehead atoms. The summed E-state index contributed by atoms with van der Waals surface area (Å²) < 4.78 is 18.5. The summed E-state index contributed by atoms with van der Waals surface area (Å²) in [6, 6.07) is 5.86. The first-order chi connectivity index (χ1) is 7.20. The van der Waals surface area contributed by atoms with Crippen molar-refractivity contribution in [2.24, 2.45) is 0 Å². The number of hydrogen-bond acceptors (Lipinski definition) is 3. The molecule has 0 spiro atoms. The van der Waals surface area contributed by atoms with E-state index in [2.05, 4.69) is 21.1 Å². The Morgan fingerprint density at radius 1 is 1.40 bits per heavy atom. The third-order valence-corrected chi connectivity index (χ3v) is 2.61. The van der Waals surface area contributed by atoms with Gasteiger partial charge in [0, 0.05) is 16.1 Å². The van der Waals surface area contributed by atoms with Crippen molar-refractivity contribution in [3.8, 4) is 11.3 Å². The SMILES string of the molecule is OCc1cc(-c2cc(F)ccc2Br)no1. The van der Waals surface area contributed by atoms with Crippen molar-refractivity contribution in [2.75, 3.05) is 0 Å². The summed E-state index contributed by atoms with van der Waals surface area (Å²) >= 11 is 3.29. The van der Waals surface area contributed by atoms with Gasteiger partial charge in [-0.05, 0) is 18.2 Å². The fourth-order valence-electron chi connectivity index (χ4n) is 1.21. The molecule has 0 aliphatic carbocycles. The second-order valence-corrected chi connectivity index (χ2v) is 3.82. The molecule has 1 heterocycles. The minimum atomic E-state index is -0.346. The molecule has 5 heteroatoms. The third-order valence-electron chi connectivity index (χ3n) is 1.92. The van der Waals surface area contributed by atoms with Crippen LogP contribution < -0.4 is 0 Å². The first-order valence-corrected chi connectivity index (χ1v) is 5.02. The van der Waals surface area contributed by atoms with Gasteiger partial charge < -0.3 is 9.63 Å². The zero-order valence-corrected chi connectivity index (χ0v) is 9.16. The zero-order chi connectivity index (χ0) is 10.8. The summed E-state index contributed by atoms with van der Waals surface area (Å²) in [4.78, 5) is 0. The lowest BCUT2D eigenvalue weighted by molar-refractivity contribution is 0.229. The maximum Gasteiger partial charge on any atom is 0.162 e. The molecule has 1 N–H and O–H groups in total. The van der Waals surface area contributed by atoms with Crippen molar-refractivity contribution in [1.82, 2.24) is 5.16 Å². The van der Waals surface area contributed by atoms with E-state index in [1.807, 2.05) is 0 Å². The number of halogens is 2. The Morgan fingerprint density at radius 3 is 2.87 bits per heavy atom. The highest BCUT2D eigenvalue weighted by atomic mass is 79.9. The highest BCUT2D eigenvalue weighted by Gasteiger charge is 2.10. The molecule has 3 nitrogen and oxygen atoms in total. The fraction of sp³-hybridized carbons (Fsp3) is 0.100. The maximum absolute atomic E-state index is 13.0. The van der Waals surface area contributed by atoms with Gasteiger partial charge in [0.2, 0.25) is 0 Å². The Hall–Kier alpha value is -1.20. The van der Waals surface area contributed by atoms with E-state index in [9.17, 15) is 4.39 Å². The summed E-state index contributed by atoms with van der Waals surface area (Å²) in [7, 11) is 0. The van der Waals surface area contributed by atoms with E-state index in [-0.39, 0.29) is 12.4 Å². The van der Waals surface area contributed by atoms with Crippen LogP contribution in [0.2, 0.25) is 0 Å². The number of rotatable bonds is 2. The van der Waals surface area contributed by atoms with Crippen LogP contribution in [0, 0.1) is 5.82 Å². The van der Waals surface area contributed by atoms with E-state index in [1.165, 1.54) is 12.1 Å². The van der Waals surface area contributed by atoms with Gasteiger partial charge in [-0.15, -0.1) is 0 Å². The molecule has 2 rings (SSSR count). The zero-order valence-electron chi connectivity index (χ0n) is 7.58. The second-order valence-electron chi connectivity index (χ2n) is 2.96. The molecule has 0 amide bonds. The number of nitrogens with zero attached hydrogens (tertiary/aromatic N) is 1. The van der Waals surface area contributed by atoms with Crippen molar-refractivity contribution in [2.45, 2.75) is 6.61 Å².